The van der Waals surface area contributed by atoms with Crippen molar-refractivity contribution in [2.24, 2.45) is 5.92 Å². The van der Waals surface area contributed by atoms with Gasteiger partial charge in [0.25, 0.3) is 0 Å². The maximum absolute atomic E-state index is 6.30. The molecule has 4 rings (SSSR count). The molecule has 0 spiro atoms. The van der Waals surface area contributed by atoms with Gasteiger partial charge in [0.1, 0.15) is 0 Å². The fourth-order valence-electron chi connectivity index (χ4n) is 5.72. The summed E-state index contributed by atoms with van der Waals surface area (Å²) in [5.74, 6) is 2.46. The van der Waals surface area contributed by atoms with E-state index in [9.17, 15) is 0 Å². The topological polar surface area (TPSA) is 35.0 Å². The summed E-state index contributed by atoms with van der Waals surface area (Å²) < 4.78 is 6.30. The lowest BCUT2D eigenvalue weighted by atomic mass is 9.99. The smallest absolute Gasteiger partial charge is 0.225 e. The molecular weight excluding hydrogens is 464 g/mol. The van der Waals surface area contributed by atoms with Gasteiger partial charge in [-0.3, -0.25) is 0 Å². The summed E-state index contributed by atoms with van der Waals surface area (Å²) in [6, 6.07) is 19.1. The fourth-order valence-corrected chi connectivity index (χ4v) is 5.72. The number of rotatable bonds is 17. The minimum Gasteiger partial charge on any atom is -0.477 e. The van der Waals surface area contributed by atoms with E-state index in [-0.39, 0.29) is 0 Å². The van der Waals surface area contributed by atoms with Crippen molar-refractivity contribution in [2.45, 2.75) is 110 Å². The predicted molar refractivity (Wildman–Crippen MR) is 161 cm³/mol. The van der Waals surface area contributed by atoms with Crippen LogP contribution in [0.25, 0.3) is 22.5 Å². The molecule has 0 aliphatic heterocycles. The van der Waals surface area contributed by atoms with Crippen molar-refractivity contribution in [3.8, 4) is 28.4 Å². The van der Waals surface area contributed by atoms with Gasteiger partial charge in [-0.1, -0.05) is 145 Å². The van der Waals surface area contributed by atoms with Gasteiger partial charge in [-0.25, -0.2) is 4.98 Å². The van der Waals surface area contributed by atoms with Crippen LogP contribution in [0.4, 0.5) is 0 Å². The van der Waals surface area contributed by atoms with Gasteiger partial charge in [-0.05, 0) is 36.3 Å². The van der Waals surface area contributed by atoms with Gasteiger partial charge in [0.05, 0.1) is 12.2 Å². The first-order chi connectivity index (χ1) is 18.8. The lowest BCUT2D eigenvalue weighted by Crippen LogP contribution is -2.03. The van der Waals surface area contributed by atoms with Crippen LogP contribution in [0.1, 0.15) is 109 Å². The molecule has 0 radical (unpaired) electrons. The number of hydrogen-bond donors (Lipinski definition) is 0. The molecule has 204 valence electrons. The number of aryl methyl sites for hydroxylation is 1. The van der Waals surface area contributed by atoms with E-state index >= 15 is 0 Å². The van der Waals surface area contributed by atoms with Crippen LogP contribution in [0, 0.1) is 5.92 Å². The standard InChI is InChI=1S/C35H48N2O/c1-2-3-4-6-10-18-30-23-25-32(26-24-30)34-36-28-33(31-21-12-9-13-22-31)35(37-34)38-27-16-8-5-7-11-17-29-19-14-15-20-29/h9,12-13,21-26,28-29H,2-8,10-11,14-20,27H2,1H3. The molecule has 38 heavy (non-hydrogen) atoms. The molecule has 0 unspecified atom stereocenters. The summed E-state index contributed by atoms with van der Waals surface area (Å²) in [6.07, 6.45) is 23.3. The Morgan fingerprint density at radius 2 is 1.45 bits per heavy atom. The Labute approximate surface area is 231 Å². The Kier molecular flexibility index (Phi) is 12.2. The average Bonchev–Trinajstić information content (AvgIpc) is 3.49. The quantitative estimate of drug-likeness (QED) is 0.169. The van der Waals surface area contributed by atoms with Crippen molar-refractivity contribution < 1.29 is 4.74 Å². The molecule has 1 heterocycles. The van der Waals surface area contributed by atoms with Gasteiger partial charge >= 0.3 is 0 Å². The van der Waals surface area contributed by atoms with E-state index in [0.717, 1.165) is 41.3 Å². The number of benzene rings is 2. The lowest BCUT2D eigenvalue weighted by molar-refractivity contribution is 0.294. The van der Waals surface area contributed by atoms with E-state index in [2.05, 4.69) is 55.5 Å². The van der Waals surface area contributed by atoms with E-state index in [1.54, 1.807) is 0 Å². The first-order valence-electron chi connectivity index (χ1n) is 15.5. The maximum Gasteiger partial charge on any atom is 0.225 e. The second kappa shape index (κ2) is 16.3. The molecule has 3 heteroatoms. The summed E-state index contributed by atoms with van der Waals surface area (Å²) in [7, 11) is 0. The van der Waals surface area contributed by atoms with Crippen molar-refractivity contribution in [3.63, 3.8) is 0 Å². The minimum atomic E-state index is 0.697. The molecule has 1 aromatic heterocycles. The van der Waals surface area contributed by atoms with Crippen LogP contribution in [0.5, 0.6) is 5.88 Å². The molecule has 0 saturated heterocycles. The molecule has 2 aromatic carbocycles. The minimum absolute atomic E-state index is 0.697. The van der Waals surface area contributed by atoms with Gasteiger partial charge in [-0.2, -0.15) is 4.98 Å². The second-order valence-electron chi connectivity index (χ2n) is 11.2. The van der Waals surface area contributed by atoms with Crippen LogP contribution in [0.3, 0.4) is 0 Å². The largest absolute Gasteiger partial charge is 0.477 e. The zero-order valence-corrected chi connectivity index (χ0v) is 23.7. The van der Waals surface area contributed by atoms with Crippen LogP contribution in [-0.4, -0.2) is 16.6 Å². The summed E-state index contributed by atoms with van der Waals surface area (Å²) in [5, 5.41) is 0. The molecule has 0 amide bonds. The number of ether oxygens (including phenoxy) is 1. The highest BCUT2D eigenvalue weighted by Gasteiger charge is 2.14. The van der Waals surface area contributed by atoms with Crippen molar-refractivity contribution in [3.05, 3.63) is 66.4 Å². The highest BCUT2D eigenvalue weighted by molar-refractivity contribution is 5.69. The number of aromatic nitrogens is 2. The molecule has 3 nitrogen and oxygen atoms in total. The highest BCUT2D eigenvalue weighted by atomic mass is 16.5. The molecule has 0 atom stereocenters. The monoisotopic (exact) mass is 512 g/mol. The van der Waals surface area contributed by atoms with Crippen molar-refractivity contribution in [1.82, 2.24) is 9.97 Å². The second-order valence-corrected chi connectivity index (χ2v) is 11.2. The van der Waals surface area contributed by atoms with Gasteiger partial charge in [0, 0.05) is 11.8 Å². The van der Waals surface area contributed by atoms with Gasteiger partial charge < -0.3 is 4.74 Å². The van der Waals surface area contributed by atoms with E-state index in [1.807, 2.05) is 12.3 Å². The Balaban J connectivity index is 1.30. The molecule has 1 saturated carbocycles. The van der Waals surface area contributed by atoms with E-state index in [4.69, 9.17) is 14.7 Å². The van der Waals surface area contributed by atoms with E-state index < -0.39 is 0 Å². The Hall–Kier alpha value is -2.68. The zero-order chi connectivity index (χ0) is 26.3. The third-order valence-corrected chi connectivity index (χ3v) is 8.09. The Bertz CT molecular complexity index is 1040. The number of unbranched alkanes of at least 4 members (excludes halogenated alkanes) is 8. The normalized spacial score (nSPS) is 13.7. The molecule has 3 aromatic rings. The van der Waals surface area contributed by atoms with Crippen LogP contribution in [0.15, 0.2) is 60.8 Å². The maximum atomic E-state index is 6.30. The van der Waals surface area contributed by atoms with Crippen LogP contribution < -0.4 is 4.74 Å². The van der Waals surface area contributed by atoms with E-state index in [1.165, 1.54) is 95.5 Å². The Morgan fingerprint density at radius 3 is 2.24 bits per heavy atom. The SMILES string of the molecule is CCCCCCCc1ccc(-c2ncc(-c3ccccc3)c(OCCCCCCCC3CCCC3)n2)cc1. The van der Waals surface area contributed by atoms with Gasteiger partial charge in [-0.15, -0.1) is 0 Å². The Morgan fingerprint density at radius 1 is 0.737 bits per heavy atom. The third-order valence-electron chi connectivity index (χ3n) is 8.09. The molecule has 0 bridgehead atoms. The fraction of sp³-hybridized carbons (Fsp3) is 0.543. The lowest BCUT2D eigenvalue weighted by Gasteiger charge is -2.12. The molecule has 0 N–H and O–H groups in total. The summed E-state index contributed by atoms with van der Waals surface area (Å²) in [4.78, 5) is 9.63. The molecule has 1 aliphatic rings. The van der Waals surface area contributed by atoms with Crippen molar-refractivity contribution in [2.75, 3.05) is 6.61 Å². The van der Waals surface area contributed by atoms with Crippen LogP contribution >= 0.6 is 0 Å². The molecule has 1 fully saturated rings. The average molecular weight is 513 g/mol. The third kappa shape index (κ3) is 9.26. The number of hydrogen-bond acceptors (Lipinski definition) is 3. The van der Waals surface area contributed by atoms with Crippen LogP contribution in [-0.2, 0) is 6.42 Å². The van der Waals surface area contributed by atoms with E-state index in [0.29, 0.717) is 12.5 Å². The summed E-state index contributed by atoms with van der Waals surface area (Å²) in [5.41, 5.74) is 4.51. The van der Waals surface area contributed by atoms with Gasteiger partial charge in [0.2, 0.25) is 5.88 Å². The van der Waals surface area contributed by atoms with Crippen molar-refractivity contribution >= 4 is 0 Å². The zero-order valence-electron chi connectivity index (χ0n) is 23.7. The van der Waals surface area contributed by atoms with Gasteiger partial charge in [0.15, 0.2) is 5.82 Å². The van der Waals surface area contributed by atoms with Crippen molar-refractivity contribution in [1.29, 1.82) is 0 Å². The molecular formula is C35H48N2O. The first kappa shape index (κ1) is 28.3. The number of nitrogens with zero attached hydrogens (tertiary/aromatic N) is 2. The highest BCUT2D eigenvalue weighted by Crippen LogP contribution is 2.31. The summed E-state index contributed by atoms with van der Waals surface area (Å²) in [6.45, 7) is 2.97. The van der Waals surface area contributed by atoms with Crippen LogP contribution in [0.2, 0.25) is 0 Å². The predicted octanol–water partition coefficient (Wildman–Crippen LogP) is 10.2. The first-order valence-corrected chi connectivity index (χ1v) is 15.5. The summed E-state index contributed by atoms with van der Waals surface area (Å²) >= 11 is 0. The molecule has 1 aliphatic carbocycles.